The molecule has 1 N–H and O–H groups in total. The van der Waals surface area contributed by atoms with Crippen LogP contribution in [-0.4, -0.2) is 37.8 Å². The van der Waals surface area contributed by atoms with Crippen LogP contribution >= 0.6 is 0 Å². The zero-order valence-electron chi connectivity index (χ0n) is 16.6. The summed E-state index contributed by atoms with van der Waals surface area (Å²) in [7, 11) is -3.47. The first kappa shape index (κ1) is 22.1. The molecule has 0 aromatic heterocycles. The van der Waals surface area contributed by atoms with Gasteiger partial charge in [-0.05, 0) is 30.2 Å². The largest absolute Gasteiger partial charge is 0.364 e. The standard InChI is InChI=1S/C21H28N2O4S/c1-4-23(5-2)28(25,26)20-13-11-18(12-14-20)15-22-21(24)17(3)27-16-19-9-7-6-8-10-19/h6-14,17H,4-5,15-16H2,1-3H3,(H,22,24). The van der Waals surface area contributed by atoms with E-state index in [0.29, 0.717) is 26.2 Å². The van der Waals surface area contributed by atoms with Gasteiger partial charge >= 0.3 is 0 Å². The van der Waals surface area contributed by atoms with Crippen LogP contribution in [0.1, 0.15) is 31.9 Å². The molecule has 0 radical (unpaired) electrons. The Labute approximate surface area is 167 Å². The molecule has 0 heterocycles. The van der Waals surface area contributed by atoms with E-state index in [1.165, 1.54) is 4.31 Å². The van der Waals surface area contributed by atoms with Gasteiger partial charge in [0.15, 0.2) is 0 Å². The van der Waals surface area contributed by atoms with Gasteiger partial charge in [0.2, 0.25) is 15.9 Å². The Morgan fingerprint density at radius 3 is 2.18 bits per heavy atom. The van der Waals surface area contributed by atoms with E-state index in [4.69, 9.17) is 4.74 Å². The van der Waals surface area contributed by atoms with Crippen molar-refractivity contribution in [3.8, 4) is 0 Å². The minimum Gasteiger partial charge on any atom is -0.364 e. The van der Waals surface area contributed by atoms with Crippen LogP contribution in [-0.2, 0) is 32.7 Å². The molecule has 0 aliphatic heterocycles. The summed E-state index contributed by atoms with van der Waals surface area (Å²) >= 11 is 0. The number of carbonyl (C=O) groups excluding carboxylic acids is 1. The predicted octanol–water partition coefficient (Wildman–Crippen LogP) is 2.94. The van der Waals surface area contributed by atoms with E-state index < -0.39 is 16.1 Å². The SMILES string of the molecule is CCN(CC)S(=O)(=O)c1ccc(CNC(=O)C(C)OCc2ccccc2)cc1. The number of sulfonamides is 1. The molecule has 152 valence electrons. The molecule has 7 heteroatoms. The first-order chi connectivity index (χ1) is 13.4. The maximum Gasteiger partial charge on any atom is 0.249 e. The van der Waals surface area contributed by atoms with Gasteiger partial charge in [-0.3, -0.25) is 4.79 Å². The molecule has 0 aliphatic carbocycles. The number of ether oxygens (including phenoxy) is 1. The summed E-state index contributed by atoms with van der Waals surface area (Å²) in [4.78, 5) is 12.4. The maximum absolute atomic E-state index is 12.5. The van der Waals surface area contributed by atoms with Crippen molar-refractivity contribution in [3.05, 3.63) is 65.7 Å². The molecular formula is C21H28N2O4S. The molecule has 2 aromatic rings. The molecule has 1 unspecified atom stereocenters. The fraction of sp³-hybridized carbons (Fsp3) is 0.381. The summed E-state index contributed by atoms with van der Waals surface area (Å²) in [5.74, 6) is -0.212. The molecule has 1 amide bonds. The van der Waals surface area contributed by atoms with Crippen LogP contribution in [0.15, 0.2) is 59.5 Å². The highest BCUT2D eigenvalue weighted by Gasteiger charge is 2.21. The summed E-state index contributed by atoms with van der Waals surface area (Å²) in [6, 6.07) is 16.2. The van der Waals surface area contributed by atoms with E-state index in [-0.39, 0.29) is 10.8 Å². The van der Waals surface area contributed by atoms with Crippen LogP contribution < -0.4 is 5.32 Å². The Morgan fingerprint density at radius 2 is 1.61 bits per heavy atom. The second-order valence-corrected chi connectivity index (χ2v) is 8.33. The topological polar surface area (TPSA) is 75.7 Å². The van der Waals surface area contributed by atoms with Gasteiger partial charge in [-0.1, -0.05) is 56.3 Å². The zero-order chi connectivity index (χ0) is 20.6. The second kappa shape index (κ2) is 10.4. The Hall–Kier alpha value is -2.22. The van der Waals surface area contributed by atoms with Crippen LogP contribution in [0.25, 0.3) is 0 Å². The first-order valence-electron chi connectivity index (χ1n) is 9.40. The molecule has 0 bridgehead atoms. The minimum absolute atomic E-state index is 0.212. The fourth-order valence-corrected chi connectivity index (χ4v) is 4.15. The third-order valence-corrected chi connectivity index (χ3v) is 6.51. The van der Waals surface area contributed by atoms with Crippen molar-refractivity contribution in [2.24, 2.45) is 0 Å². The minimum atomic E-state index is -3.47. The van der Waals surface area contributed by atoms with E-state index in [0.717, 1.165) is 11.1 Å². The van der Waals surface area contributed by atoms with Crippen molar-refractivity contribution in [2.45, 2.75) is 44.9 Å². The molecule has 2 aromatic carbocycles. The Morgan fingerprint density at radius 1 is 1.00 bits per heavy atom. The predicted molar refractivity (Wildman–Crippen MR) is 109 cm³/mol. The highest BCUT2D eigenvalue weighted by Crippen LogP contribution is 2.16. The molecule has 0 saturated carbocycles. The highest BCUT2D eigenvalue weighted by atomic mass is 32.2. The van der Waals surface area contributed by atoms with Gasteiger partial charge in [0, 0.05) is 19.6 Å². The smallest absolute Gasteiger partial charge is 0.249 e. The number of nitrogens with one attached hydrogen (secondary N) is 1. The Balaban J connectivity index is 1.87. The van der Waals surface area contributed by atoms with E-state index in [2.05, 4.69) is 5.32 Å². The van der Waals surface area contributed by atoms with Gasteiger partial charge in [-0.2, -0.15) is 4.31 Å². The monoisotopic (exact) mass is 404 g/mol. The second-order valence-electron chi connectivity index (χ2n) is 6.39. The highest BCUT2D eigenvalue weighted by molar-refractivity contribution is 7.89. The summed E-state index contributed by atoms with van der Waals surface area (Å²) in [6.45, 7) is 6.86. The maximum atomic E-state index is 12.5. The average Bonchev–Trinajstić information content (AvgIpc) is 2.72. The molecule has 0 fully saturated rings. The Kier molecular flexibility index (Phi) is 8.17. The van der Waals surface area contributed by atoms with E-state index in [1.807, 2.05) is 44.2 Å². The van der Waals surface area contributed by atoms with Crippen LogP contribution in [0.5, 0.6) is 0 Å². The van der Waals surface area contributed by atoms with Crippen molar-refractivity contribution >= 4 is 15.9 Å². The molecule has 0 spiro atoms. The van der Waals surface area contributed by atoms with Crippen molar-refractivity contribution in [2.75, 3.05) is 13.1 Å². The number of hydrogen-bond donors (Lipinski definition) is 1. The number of amides is 1. The molecule has 0 saturated heterocycles. The molecule has 2 rings (SSSR count). The van der Waals surface area contributed by atoms with Gasteiger partial charge in [-0.25, -0.2) is 8.42 Å². The van der Waals surface area contributed by atoms with Crippen LogP contribution in [0.3, 0.4) is 0 Å². The normalized spacial score (nSPS) is 12.7. The average molecular weight is 405 g/mol. The quantitative estimate of drug-likeness (QED) is 0.661. The number of nitrogens with zero attached hydrogens (tertiary/aromatic N) is 1. The lowest BCUT2D eigenvalue weighted by Crippen LogP contribution is -2.34. The zero-order valence-corrected chi connectivity index (χ0v) is 17.4. The van der Waals surface area contributed by atoms with E-state index in [1.54, 1.807) is 31.2 Å². The van der Waals surface area contributed by atoms with Gasteiger partial charge in [0.1, 0.15) is 6.10 Å². The van der Waals surface area contributed by atoms with E-state index in [9.17, 15) is 13.2 Å². The molecule has 1 atom stereocenters. The number of benzene rings is 2. The van der Waals surface area contributed by atoms with Gasteiger partial charge in [0.05, 0.1) is 11.5 Å². The summed E-state index contributed by atoms with van der Waals surface area (Å²) < 4.78 is 32.0. The number of rotatable bonds is 10. The fourth-order valence-electron chi connectivity index (χ4n) is 2.70. The Bertz CT molecular complexity index is 848. The summed E-state index contributed by atoms with van der Waals surface area (Å²) in [6.07, 6.45) is -0.581. The van der Waals surface area contributed by atoms with Gasteiger partial charge in [0.25, 0.3) is 0 Å². The molecule has 6 nitrogen and oxygen atoms in total. The van der Waals surface area contributed by atoms with Crippen LogP contribution in [0.4, 0.5) is 0 Å². The van der Waals surface area contributed by atoms with Crippen LogP contribution in [0, 0.1) is 0 Å². The third kappa shape index (κ3) is 5.89. The van der Waals surface area contributed by atoms with Gasteiger partial charge in [-0.15, -0.1) is 0 Å². The lowest BCUT2D eigenvalue weighted by molar-refractivity contribution is -0.132. The van der Waals surface area contributed by atoms with Crippen LogP contribution in [0.2, 0.25) is 0 Å². The van der Waals surface area contributed by atoms with E-state index >= 15 is 0 Å². The summed E-state index contributed by atoms with van der Waals surface area (Å²) in [5, 5.41) is 2.81. The molecule has 28 heavy (non-hydrogen) atoms. The van der Waals surface area contributed by atoms with Crippen molar-refractivity contribution < 1.29 is 17.9 Å². The third-order valence-electron chi connectivity index (χ3n) is 4.45. The molecular weight excluding hydrogens is 376 g/mol. The first-order valence-corrected chi connectivity index (χ1v) is 10.8. The lowest BCUT2D eigenvalue weighted by atomic mass is 10.2. The number of hydrogen-bond acceptors (Lipinski definition) is 4. The summed E-state index contributed by atoms with van der Waals surface area (Å²) in [5.41, 5.74) is 1.83. The number of carbonyl (C=O) groups is 1. The van der Waals surface area contributed by atoms with Gasteiger partial charge < -0.3 is 10.1 Å². The van der Waals surface area contributed by atoms with Crippen molar-refractivity contribution in [1.82, 2.24) is 9.62 Å². The van der Waals surface area contributed by atoms with Crippen molar-refractivity contribution in [1.29, 1.82) is 0 Å². The van der Waals surface area contributed by atoms with Crippen molar-refractivity contribution in [3.63, 3.8) is 0 Å². The molecule has 0 aliphatic rings. The lowest BCUT2D eigenvalue weighted by Gasteiger charge is -2.18.